The number of benzene rings is 1. The number of aryl methyl sites for hydroxylation is 2. The van der Waals surface area contributed by atoms with Gasteiger partial charge >= 0.3 is 0 Å². The van der Waals surface area contributed by atoms with Gasteiger partial charge in [-0.25, -0.2) is 0 Å². The molecule has 0 radical (unpaired) electrons. The Kier molecular flexibility index (Phi) is 7.86. The monoisotopic (exact) mass is 445 g/mol. The number of aliphatic hydroxyl groups excluding tert-OH is 7. The number of anilines is 1. The van der Waals surface area contributed by atoms with Crippen LogP contribution in [0.25, 0.3) is 0 Å². The van der Waals surface area contributed by atoms with Gasteiger partial charge in [0.15, 0.2) is 12.5 Å². The summed E-state index contributed by atoms with van der Waals surface area (Å²) in [6, 6.07) is 5.52. The highest BCUT2D eigenvalue weighted by Gasteiger charge is 2.50. The van der Waals surface area contributed by atoms with Crippen LogP contribution in [-0.4, -0.2) is 110 Å². The Labute approximate surface area is 179 Å². The van der Waals surface area contributed by atoms with E-state index in [9.17, 15) is 35.7 Å². The highest BCUT2D eigenvalue weighted by atomic mass is 16.7. The first-order valence-corrected chi connectivity index (χ1v) is 10.1. The Balaban J connectivity index is 1.72. The average Bonchev–Trinajstić information content (AvgIpc) is 2.75. The highest BCUT2D eigenvalue weighted by Crippen LogP contribution is 2.30. The third kappa shape index (κ3) is 5.01. The Bertz CT molecular complexity index is 732. The van der Waals surface area contributed by atoms with Crippen LogP contribution in [0.4, 0.5) is 5.69 Å². The smallest absolute Gasteiger partial charge is 0.187 e. The van der Waals surface area contributed by atoms with E-state index in [1.54, 1.807) is 6.07 Å². The lowest BCUT2D eigenvalue weighted by Crippen LogP contribution is -2.65. The largest absolute Gasteiger partial charge is 0.394 e. The fourth-order valence-electron chi connectivity index (χ4n) is 3.70. The van der Waals surface area contributed by atoms with Crippen LogP contribution < -0.4 is 5.32 Å². The zero-order chi connectivity index (χ0) is 22.9. The van der Waals surface area contributed by atoms with Gasteiger partial charge in [0.2, 0.25) is 0 Å². The number of rotatable bonds is 6. The van der Waals surface area contributed by atoms with Crippen LogP contribution in [0.5, 0.6) is 0 Å². The Morgan fingerprint density at radius 1 is 0.806 bits per heavy atom. The molecule has 176 valence electrons. The number of nitrogens with one attached hydrogen (secondary N) is 1. The Morgan fingerprint density at radius 3 is 2.10 bits per heavy atom. The molecular weight excluding hydrogens is 414 g/mol. The van der Waals surface area contributed by atoms with Crippen LogP contribution in [0.3, 0.4) is 0 Å². The quantitative estimate of drug-likeness (QED) is 0.229. The lowest BCUT2D eigenvalue weighted by molar-refractivity contribution is -0.340. The van der Waals surface area contributed by atoms with Crippen molar-refractivity contribution in [1.29, 1.82) is 0 Å². The van der Waals surface area contributed by atoms with E-state index in [2.05, 4.69) is 5.32 Å². The van der Waals surface area contributed by atoms with Crippen molar-refractivity contribution in [2.75, 3.05) is 18.5 Å². The van der Waals surface area contributed by atoms with Crippen molar-refractivity contribution < 1.29 is 50.0 Å². The summed E-state index contributed by atoms with van der Waals surface area (Å²) in [7, 11) is 0. The molecule has 1 aromatic rings. The maximum Gasteiger partial charge on any atom is 0.187 e. The second-order valence-electron chi connectivity index (χ2n) is 8.00. The van der Waals surface area contributed by atoms with Crippen LogP contribution in [0.15, 0.2) is 18.2 Å². The predicted octanol–water partition coefficient (Wildman–Crippen LogP) is -2.66. The van der Waals surface area contributed by atoms with Crippen molar-refractivity contribution >= 4 is 5.69 Å². The lowest BCUT2D eigenvalue weighted by atomic mass is 9.96. The minimum Gasteiger partial charge on any atom is -0.394 e. The first kappa shape index (κ1) is 24.3. The van der Waals surface area contributed by atoms with Crippen LogP contribution in [0, 0.1) is 13.8 Å². The molecule has 0 bridgehead atoms. The van der Waals surface area contributed by atoms with E-state index in [1.165, 1.54) is 0 Å². The molecule has 31 heavy (non-hydrogen) atoms. The highest BCUT2D eigenvalue weighted by molar-refractivity contribution is 5.48. The van der Waals surface area contributed by atoms with E-state index >= 15 is 0 Å². The molecule has 1 aromatic carbocycles. The van der Waals surface area contributed by atoms with Crippen LogP contribution in [-0.2, 0) is 14.2 Å². The van der Waals surface area contributed by atoms with E-state index in [0.29, 0.717) is 5.69 Å². The van der Waals surface area contributed by atoms with E-state index in [0.717, 1.165) is 11.1 Å². The van der Waals surface area contributed by atoms with Gasteiger partial charge in [0.05, 0.1) is 13.2 Å². The van der Waals surface area contributed by atoms with Crippen molar-refractivity contribution in [2.24, 2.45) is 0 Å². The topological polar surface area (TPSA) is 181 Å². The molecule has 2 heterocycles. The number of hydrogen-bond acceptors (Lipinski definition) is 11. The molecule has 2 saturated heterocycles. The summed E-state index contributed by atoms with van der Waals surface area (Å²) in [5.41, 5.74) is 2.74. The number of ether oxygens (including phenoxy) is 3. The third-order valence-corrected chi connectivity index (χ3v) is 5.82. The van der Waals surface area contributed by atoms with Gasteiger partial charge in [-0.05, 0) is 37.1 Å². The third-order valence-electron chi connectivity index (χ3n) is 5.82. The molecule has 8 N–H and O–H groups in total. The van der Waals surface area contributed by atoms with Gasteiger partial charge in [0.1, 0.15) is 48.8 Å². The van der Waals surface area contributed by atoms with Gasteiger partial charge in [-0.2, -0.15) is 0 Å². The molecule has 11 nitrogen and oxygen atoms in total. The van der Waals surface area contributed by atoms with E-state index < -0.39 is 74.6 Å². The second kappa shape index (κ2) is 10.0. The molecule has 0 amide bonds. The minimum atomic E-state index is -1.70. The van der Waals surface area contributed by atoms with Crippen molar-refractivity contribution in [2.45, 2.75) is 75.2 Å². The van der Waals surface area contributed by atoms with Gasteiger partial charge in [-0.3, -0.25) is 0 Å². The SMILES string of the molecule is Cc1ccc(N[C@@H]2O[C@H](CO)[C@@H](O[C@H]3O[C@@H](CO)[C@H](O)[C@@H](O)[C@@H]3O)[C@H](O)[C@@H]2O)cc1C. The van der Waals surface area contributed by atoms with Crippen LogP contribution >= 0.6 is 0 Å². The van der Waals surface area contributed by atoms with Gasteiger partial charge < -0.3 is 55.3 Å². The molecule has 0 saturated carbocycles. The van der Waals surface area contributed by atoms with E-state index in [-0.39, 0.29) is 0 Å². The van der Waals surface area contributed by atoms with Gasteiger partial charge in [-0.1, -0.05) is 6.07 Å². The molecule has 0 aliphatic carbocycles. The first-order chi connectivity index (χ1) is 14.7. The van der Waals surface area contributed by atoms with Gasteiger partial charge in [0.25, 0.3) is 0 Å². The molecule has 3 rings (SSSR count). The first-order valence-electron chi connectivity index (χ1n) is 10.1. The molecular formula is C20H31NO10. The average molecular weight is 445 g/mol. The van der Waals surface area contributed by atoms with Crippen molar-refractivity contribution in [1.82, 2.24) is 0 Å². The van der Waals surface area contributed by atoms with E-state index in [1.807, 2.05) is 26.0 Å². The second-order valence-corrected chi connectivity index (χ2v) is 8.00. The molecule has 2 fully saturated rings. The van der Waals surface area contributed by atoms with Crippen LogP contribution in [0.1, 0.15) is 11.1 Å². The standard InChI is InChI=1S/C20H31NO10/c1-8-3-4-10(5-9(8)2)21-19-16(27)15(26)18(12(7-23)29-19)31-20-17(28)14(25)13(24)11(6-22)30-20/h3-5,11-28H,6-7H2,1-2H3/t11-,12+,13-,14+,15+,16-,17-,18+,19+,20+/m0/s1. The lowest BCUT2D eigenvalue weighted by Gasteiger charge is -2.46. The number of aliphatic hydroxyl groups is 7. The summed E-state index contributed by atoms with van der Waals surface area (Å²) in [5, 5.41) is 73.2. The van der Waals surface area contributed by atoms with Crippen molar-refractivity contribution in [3.05, 3.63) is 29.3 Å². The molecule has 10 atom stereocenters. The summed E-state index contributed by atoms with van der Waals surface area (Å²) >= 11 is 0. The Hall–Kier alpha value is -1.38. The maximum atomic E-state index is 10.6. The van der Waals surface area contributed by atoms with Gasteiger partial charge in [0, 0.05) is 5.69 Å². The van der Waals surface area contributed by atoms with E-state index in [4.69, 9.17) is 14.2 Å². The summed E-state index contributed by atoms with van der Waals surface area (Å²) in [5.74, 6) is 0. The van der Waals surface area contributed by atoms with Gasteiger partial charge in [-0.15, -0.1) is 0 Å². The Morgan fingerprint density at radius 2 is 1.48 bits per heavy atom. The summed E-state index contributed by atoms with van der Waals surface area (Å²) in [6.07, 6.45) is -14.2. The molecule has 11 heteroatoms. The zero-order valence-electron chi connectivity index (χ0n) is 17.3. The summed E-state index contributed by atoms with van der Waals surface area (Å²) in [4.78, 5) is 0. The molecule has 0 spiro atoms. The normalized spacial score (nSPS) is 41.2. The minimum absolute atomic E-state index is 0.586. The van der Waals surface area contributed by atoms with Crippen LogP contribution in [0.2, 0.25) is 0 Å². The molecule has 0 aromatic heterocycles. The molecule has 0 unspecified atom stereocenters. The van der Waals surface area contributed by atoms with Crippen molar-refractivity contribution in [3.63, 3.8) is 0 Å². The maximum absolute atomic E-state index is 10.6. The van der Waals surface area contributed by atoms with Crippen molar-refractivity contribution in [3.8, 4) is 0 Å². The summed E-state index contributed by atoms with van der Waals surface area (Å²) < 4.78 is 16.5. The molecule has 2 aliphatic rings. The fourth-order valence-corrected chi connectivity index (χ4v) is 3.70. The summed E-state index contributed by atoms with van der Waals surface area (Å²) in [6.45, 7) is 2.64. The number of hydrogen-bond donors (Lipinski definition) is 8. The zero-order valence-corrected chi connectivity index (χ0v) is 17.3. The predicted molar refractivity (Wildman–Crippen MR) is 106 cm³/mol. The fraction of sp³-hybridized carbons (Fsp3) is 0.700. The molecule has 2 aliphatic heterocycles.